The maximum Gasteiger partial charge on any atom is 0.271 e. The Labute approximate surface area is 152 Å². The van der Waals surface area contributed by atoms with Crippen LogP contribution in [0, 0.1) is 16.0 Å². The molecule has 7 nitrogen and oxygen atoms in total. The molecule has 26 heavy (non-hydrogen) atoms. The highest BCUT2D eigenvalue weighted by molar-refractivity contribution is 6.07. The van der Waals surface area contributed by atoms with Gasteiger partial charge in [0.15, 0.2) is 0 Å². The number of ether oxygens (including phenoxy) is 2. The Hall–Kier alpha value is -3.09. The number of nitrogens with zero attached hydrogens (tertiary/aromatic N) is 1. The van der Waals surface area contributed by atoms with E-state index in [1.54, 1.807) is 24.3 Å². The topological polar surface area (TPSA) is 90.7 Å². The molecule has 0 saturated carbocycles. The zero-order valence-electron chi connectivity index (χ0n) is 15.0. The molecule has 0 radical (unpaired) electrons. The number of hydrogen-bond donors (Lipinski definition) is 1. The van der Waals surface area contributed by atoms with Gasteiger partial charge in [-0.1, -0.05) is 26.0 Å². The predicted molar refractivity (Wildman–Crippen MR) is 99.0 cm³/mol. The molecule has 0 saturated heterocycles. The van der Waals surface area contributed by atoms with Crippen molar-refractivity contribution in [1.29, 1.82) is 0 Å². The summed E-state index contributed by atoms with van der Waals surface area (Å²) in [6.45, 7) is 4.69. The molecule has 0 fully saturated rings. The van der Waals surface area contributed by atoms with Crippen LogP contribution in [-0.2, 0) is 0 Å². The van der Waals surface area contributed by atoms with Crippen LogP contribution >= 0.6 is 0 Å². The number of non-ortho nitro benzene ring substituents is 1. The van der Waals surface area contributed by atoms with Crippen molar-refractivity contribution in [2.45, 2.75) is 20.3 Å². The minimum absolute atomic E-state index is 0.137. The highest BCUT2D eigenvalue weighted by atomic mass is 16.6. The molecule has 0 heterocycles. The number of nitro benzene ring substituents is 1. The average molecular weight is 358 g/mol. The van der Waals surface area contributed by atoms with Crippen LogP contribution in [0.2, 0.25) is 0 Å². The Bertz CT molecular complexity index is 789. The molecule has 2 aromatic rings. The van der Waals surface area contributed by atoms with E-state index in [0.717, 1.165) is 6.42 Å². The van der Waals surface area contributed by atoms with E-state index in [4.69, 9.17) is 9.47 Å². The molecule has 2 rings (SSSR count). The van der Waals surface area contributed by atoms with Crippen molar-refractivity contribution in [3.8, 4) is 11.5 Å². The van der Waals surface area contributed by atoms with Crippen LogP contribution in [0.25, 0.3) is 0 Å². The highest BCUT2D eigenvalue weighted by Crippen LogP contribution is 2.30. The SMILES string of the molecule is COc1ccc([N+](=O)[O-])cc1NC(=O)c1ccccc1OCCC(C)C. The number of nitrogens with one attached hydrogen (secondary N) is 1. The van der Waals surface area contributed by atoms with Gasteiger partial charge < -0.3 is 14.8 Å². The molecule has 0 bridgehead atoms. The van der Waals surface area contributed by atoms with Gasteiger partial charge in [0.2, 0.25) is 0 Å². The van der Waals surface area contributed by atoms with E-state index < -0.39 is 10.8 Å². The van der Waals surface area contributed by atoms with E-state index in [1.165, 1.54) is 25.3 Å². The number of anilines is 1. The van der Waals surface area contributed by atoms with Crippen LogP contribution in [0.1, 0.15) is 30.6 Å². The van der Waals surface area contributed by atoms with Crippen LogP contribution < -0.4 is 14.8 Å². The van der Waals surface area contributed by atoms with Gasteiger partial charge in [0.25, 0.3) is 11.6 Å². The summed E-state index contributed by atoms with van der Waals surface area (Å²) in [6, 6.07) is 10.9. The summed E-state index contributed by atoms with van der Waals surface area (Å²) in [5.74, 6) is 0.867. The number of benzene rings is 2. The molecular formula is C19H22N2O5. The fourth-order valence-corrected chi connectivity index (χ4v) is 2.28. The van der Waals surface area contributed by atoms with E-state index in [-0.39, 0.29) is 11.4 Å². The Morgan fingerprint density at radius 3 is 2.58 bits per heavy atom. The van der Waals surface area contributed by atoms with Crippen LogP contribution in [0.4, 0.5) is 11.4 Å². The third-order valence-corrected chi connectivity index (χ3v) is 3.73. The third kappa shape index (κ3) is 4.95. The van der Waals surface area contributed by atoms with Gasteiger partial charge in [-0.05, 0) is 30.5 Å². The zero-order chi connectivity index (χ0) is 19.1. The molecule has 1 N–H and O–H groups in total. The maximum absolute atomic E-state index is 12.7. The summed E-state index contributed by atoms with van der Waals surface area (Å²) in [4.78, 5) is 23.1. The molecule has 0 spiro atoms. The summed E-state index contributed by atoms with van der Waals surface area (Å²) in [5, 5.41) is 13.6. The lowest BCUT2D eigenvalue weighted by Crippen LogP contribution is -2.15. The molecule has 1 amide bonds. The summed E-state index contributed by atoms with van der Waals surface area (Å²) < 4.78 is 10.9. The number of hydrogen-bond acceptors (Lipinski definition) is 5. The number of carbonyl (C=O) groups excluding carboxylic acids is 1. The highest BCUT2D eigenvalue weighted by Gasteiger charge is 2.17. The molecule has 2 aromatic carbocycles. The lowest BCUT2D eigenvalue weighted by molar-refractivity contribution is -0.384. The van der Waals surface area contributed by atoms with Crippen molar-refractivity contribution >= 4 is 17.3 Å². The number of carbonyl (C=O) groups is 1. The fraction of sp³-hybridized carbons (Fsp3) is 0.316. The van der Waals surface area contributed by atoms with Crippen molar-refractivity contribution < 1.29 is 19.2 Å². The van der Waals surface area contributed by atoms with Gasteiger partial charge in [0, 0.05) is 12.1 Å². The first-order chi connectivity index (χ1) is 12.4. The first-order valence-corrected chi connectivity index (χ1v) is 8.28. The minimum Gasteiger partial charge on any atom is -0.495 e. The number of methoxy groups -OCH3 is 1. The second-order valence-electron chi connectivity index (χ2n) is 6.12. The smallest absolute Gasteiger partial charge is 0.271 e. The molecule has 7 heteroatoms. The third-order valence-electron chi connectivity index (χ3n) is 3.73. The molecular weight excluding hydrogens is 336 g/mol. The average Bonchev–Trinajstić information content (AvgIpc) is 2.61. The molecule has 0 aliphatic rings. The lowest BCUT2D eigenvalue weighted by atomic mass is 10.1. The monoisotopic (exact) mass is 358 g/mol. The molecule has 0 aromatic heterocycles. The van der Waals surface area contributed by atoms with Gasteiger partial charge >= 0.3 is 0 Å². The fourth-order valence-electron chi connectivity index (χ4n) is 2.28. The first kappa shape index (κ1) is 19.2. The molecule has 0 unspecified atom stereocenters. The van der Waals surface area contributed by atoms with Crippen molar-refractivity contribution in [1.82, 2.24) is 0 Å². The number of rotatable bonds is 8. The second kappa shape index (κ2) is 8.84. The summed E-state index contributed by atoms with van der Waals surface area (Å²) in [6.07, 6.45) is 0.870. The largest absolute Gasteiger partial charge is 0.495 e. The maximum atomic E-state index is 12.7. The van der Waals surface area contributed by atoms with Crippen LogP contribution in [-0.4, -0.2) is 24.5 Å². The lowest BCUT2D eigenvalue weighted by Gasteiger charge is -2.14. The van der Waals surface area contributed by atoms with E-state index in [0.29, 0.717) is 29.6 Å². The van der Waals surface area contributed by atoms with E-state index in [9.17, 15) is 14.9 Å². The van der Waals surface area contributed by atoms with Gasteiger partial charge in [-0.25, -0.2) is 0 Å². The first-order valence-electron chi connectivity index (χ1n) is 8.28. The molecule has 0 aliphatic carbocycles. The minimum atomic E-state index is -0.530. The second-order valence-corrected chi connectivity index (χ2v) is 6.12. The normalized spacial score (nSPS) is 10.5. The Balaban J connectivity index is 2.22. The number of nitro groups is 1. The van der Waals surface area contributed by atoms with Gasteiger partial charge in [-0.15, -0.1) is 0 Å². The molecule has 138 valence electrons. The van der Waals surface area contributed by atoms with Crippen LogP contribution in [0.5, 0.6) is 11.5 Å². The Morgan fingerprint density at radius 1 is 1.19 bits per heavy atom. The van der Waals surface area contributed by atoms with Crippen molar-refractivity contribution in [3.63, 3.8) is 0 Å². The van der Waals surface area contributed by atoms with E-state index >= 15 is 0 Å². The van der Waals surface area contributed by atoms with Crippen molar-refractivity contribution in [2.75, 3.05) is 19.0 Å². The van der Waals surface area contributed by atoms with Gasteiger partial charge in [0.05, 0.1) is 29.9 Å². The molecule has 0 atom stereocenters. The van der Waals surface area contributed by atoms with Gasteiger partial charge in [-0.3, -0.25) is 14.9 Å². The van der Waals surface area contributed by atoms with E-state index in [2.05, 4.69) is 19.2 Å². The van der Waals surface area contributed by atoms with E-state index in [1.807, 2.05) is 0 Å². The summed E-state index contributed by atoms with van der Waals surface area (Å²) >= 11 is 0. The van der Waals surface area contributed by atoms with Gasteiger partial charge in [0.1, 0.15) is 11.5 Å². The Morgan fingerprint density at radius 2 is 1.92 bits per heavy atom. The summed E-state index contributed by atoms with van der Waals surface area (Å²) in [7, 11) is 1.43. The van der Waals surface area contributed by atoms with Gasteiger partial charge in [-0.2, -0.15) is 0 Å². The number of para-hydroxylation sites is 1. The van der Waals surface area contributed by atoms with Crippen molar-refractivity contribution in [3.05, 3.63) is 58.1 Å². The van der Waals surface area contributed by atoms with Crippen molar-refractivity contribution in [2.24, 2.45) is 5.92 Å². The Kier molecular flexibility index (Phi) is 6.54. The molecule has 0 aliphatic heterocycles. The van der Waals surface area contributed by atoms with Crippen LogP contribution in [0.15, 0.2) is 42.5 Å². The van der Waals surface area contributed by atoms with Crippen LogP contribution in [0.3, 0.4) is 0 Å². The summed E-state index contributed by atoms with van der Waals surface area (Å²) in [5.41, 5.74) is 0.441. The standard InChI is InChI=1S/C19H22N2O5/c1-13(2)10-11-26-17-7-5-4-6-15(17)19(22)20-16-12-14(21(23)24)8-9-18(16)25-3/h4-9,12-13H,10-11H2,1-3H3,(H,20,22). The number of amides is 1. The predicted octanol–water partition coefficient (Wildman–Crippen LogP) is 4.28. The zero-order valence-corrected chi connectivity index (χ0v) is 15.0. The quantitative estimate of drug-likeness (QED) is 0.562.